The van der Waals surface area contributed by atoms with Crippen LogP contribution in [-0.4, -0.2) is 48.9 Å². The smallest absolute Gasteiger partial charge is 0.337 e. The molecule has 10 nitrogen and oxygen atoms in total. The number of carboxylic acids is 1. The van der Waals surface area contributed by atoms with Crippen LogP contribution >= 0.6 is 0 Å². The number of nitrogens with zero attached hydrogens (tertiary/aromatic N) is 1. The Morgan fingerprint density at radius 3 is 2.51 bits per heavy atom. The Hall–Kier alpha value is -4.31. The van der Waals surface area contributed by atoms with E-state index in [1.54, 1.807) is 32.4 Å². The molecule has 43 heavy (non-hydrogen) atoms. The normalized spacial score (nSPS) is 18.1. The zero-order valence-corrected chi connectivity index (χ0v) is 25.4. The highest BCUT2D eigenvalue weighted by Gasteiger charge is 2.33. The average molecular weight is 592 g/mol. The van der Waals surface area contributed by atoms with Gasteiger partial charge in [-0.3, -0.25) is 4.79 Å². The van der Waals surface area contributed by atoms with Crippen LogP contribution < -0.4 is 24.8 Å². The van der Waals surface area contributed by atoms with Crippen molar-refractivity contribution in [1.29, 1.82) is 0 Å². The molecule has 3 aromatic rings. The number of amides is 1. The molecule has 10 heteroatoms. The van der Waals surface area contributed by atoms with Gasteiger partial charge in [0.2, 0.25) is 11.8 Å². The van der Waals surface area contributed by atoms with E-state index >= 15 is 0 Å². The Kier molecular flexibility index (Phi) is 10.8. The SMILES string of the molecule is COc1cc(NCc2cccc(OC)c2Oc2ccc(C(=O)O)cn2)ccc1NC(=O)COC1CCCC(C)C1C(C)C. The van der Waals surface area contributed by atoms with Crippen LogP contribution in [0, 0.1) is 17.8 Å². The van der Waals surface area contributed by atoms with E-state index in [-0.39, 0.29) is 30.1 Å². The van der Waals surface area contributed by atoms with Gasteiger partial charge in [-0.05, 0) is 48.4 Å². The molecule has 1 saturated carbocycles. The fourth-order valence-corrected chi connectivity index (χ4v) is 5.79. The number of rotatable bonds is 13. The Labute approximate surface area is 252 Å². The van der Waals surface area contributed by atoms with Gasteiger partial charge in [0.05, 0.1) is 31.6 Å². The molecular weight excluding hydrogens is 550 g/mol. The maximum absolute atomic E-state index is 12.8. The molecule has 1 aliphatic rings. The molecule has 1 amide bonds. The fraction of sp³-hybridized carbons (Fsp3) is 0.424. The summed E-state index contributed by atoms with van der Waals surface area (Å²) in [5, 5.41) is 15.4. The highest BCUT2D eigenvalue weighted by atomic mass is 16.5. The summed E-state index contributed by atoms with van der Waals surface area (Å²) in [6.45, 7) is 7.10. The number of hydrogen-bond donors (Lipinski definition) is 3. The van der Waals surface area contributed by atoms with Crippen LogP contribution in [0.25, 0.3) is 0 Å². The number of nitrogens with one attached hydrogen (secondary N) is 2. The van der Waals surface area contributed by atoms with Crippen molar-refractivity contribution in [2.24, 2.45) is 17.8 Å². The van der Waals surface area contributed by atoms with Gasteiger partial charge < -0.3 is 34.7 Å². The predicted molar refractivity (Wildman–Crippen MR) is 164 cm³/mol. The molecule has 0 aliphatic heterocycles. The summed E-state index contributed by atoms with van der Waals surface area (Å²) in [5.74, 6) is 1.96. The Bertz CT molecular complexity index is 1390. The summed E-state index contributed by atoms with van der Waals surface area (Å²) in [6, 6.07) is 13.9. The first-order valence-corrected chi connectivity index (χ1v) is 14.6. The number of carboxylic acid groups (broad SMARTS) is 1. The van der Waals surface area contributed by atoms with E-state index in [9.17, 15) is 9.59 Å². The molecule has 1 aromatic heterocycles. The van der Waals surface area contributed by atoms with Crippen LogP contribution in [0.5, 0.6) is 23.1 Å². The van der Waals surface area contributed by atoms with E-state index < -0.39 is 5.97 Å². The molecule has 230 valence electrons. The molecule has 2 aromatic carbocycles. The van der Waals surface area contributed by atoms with E-state index in [4.69, 9.17) is 24.1 Å². The standard InChI is InChI=1S/C33H41N3O7/c1-20(2)31-21(3)8-6-10-26(31)42-19-29(37)36-25-14-13-24(16-28(25)41-5)34-17-22-9-7-11-27(40-4)32(22)43-30-15-12-23(18-35-30)33(38)39/h7,9,11-16,18,20-21,26,31,34H,6,8,10,17,19H2,1-5H3,(H,36,37)(H,38,39). The summed E-state index contributed by atoms with van der Waals surface area (Å²) in [7, 11) is 3.10. The Morgan fingerprint density at radius 1 is 1.05 bits per heavy atom. The molecule has 3 unspecified atom stereocenters. The third-order valence-corrected chi connectivity index (χ3v) is 7.86. The summed E-state index contributed by atoms with van der Waals surface area (Å²) in [5.41, 5.74) is 2.17. The van der Waals surface area contributed by atoms with E-state index in [1.165, 1.54) is 24.8 Å². The largest absolute Gasteiger partial charge is 0.494 e. The van der Waals surface area contributed by atoms with Crippen molar-refractivity contribution in [3.05, 3.63) is 65.9 Å². The Morgan fingerprint density at radius 2 is 1.84 bits per heavy atom. The number of carbonyl (C=O) groups excluding carboxylic acids is 1. The second-order valence-corrected chi connectivity index (χ2v) is 11.1. The number of methoxy groups -OCH3 is 2. The maximum Gasteiger partial charge on any atom is 0.337 e. The summed E-state index contributed by atoms with van der Waals surface area (Å²) >= 11 is 0. The first-order valence-electron chi connectivity index (χ1n) is 14.6. The van der Waals surface area contributed by atoms with Crippen molar-refractivity contribution >= 4 is 23.3 Å². The molecule has 1 aliphatic carbocycles. The molecule has 0 saturated heterocycles. The number of aromatic nitrogens is 1. The number of aromatic carboxylic acids is 1. The average Bonchev–Trinajstić information content (AvgIpc) is 3.00. The number of hydrogen-bond acceptors (Lipinski definition) is 8. The fourth-order valence-electron chi connectivity index (χ4n) is 5.79. The van der Waals surface area contributed by atoms with Gasteiger partial charge in [-0.1, -0.05) is 45.7 Å². The molecule has 0 radical (unpaired) electrons. The number of carbonyl (C=O) groups is 2. The monoisotopic (exact) mass is 591 g/mol. The van der Waals surface area contributed by atoms with Gasteiger partial charge >= 0.3 is 5.97 Å². The van der Waals surface area contributed by atoms with Crippen molar-refractivity contribution in [3.8, 4) is 23.1 Å². The molecular formula is C33H41N3O7. The third kappa shape index (κ3) is 8.16. The van der Waals surface area contributed by atoms with E-state index in [2.05, 4.69) is 36.4 Å². The quantitative estimate of drug-likeness (QED) is 0.201. The minimum absolute atomic E-state index is 0.00370. The lowest BCUT2D eigenvalue weighted by Gasteiger charge is -2.38. The van der Waals surface area contributed by atoms with Crippen molar-refractivity contribution in [3.63, 3.8) is 0 Å². The minimum atomic E-state index is -1.07. The lowest BCUT2D eigenvalue weighted by Crippen LogP contribution is -2.38. The summed E-state index contributed by atoms with van der Waals surface area (Å²) < 4.78 is 23.2. The number of para-hydroxylation sites is 1. The lowest BCUT2D eigenvalue weighted by molar-refractivity contribution is -0.126. The number of pyridine rings is 1. The molecule has 3 N–H and O–H groups in total. The third-order valence-electron chi connectivity index (χ3n) is 7.86. The highest BCUT2D eigenvalue weighted by molar-refractivity contribution is 5.93. The van der Waals surface area contributed by atoms with Gasteiger partial charge in [0.1, 0.15) is 12.4 Å². The van der Waals surface area contributed by atoms with Gasteiger partial charge in [-0.15, -0.1) is 0 Å². The topological polar surface area (TPSA) is 128 Å². The van der Waals surface area contributed by atoms with E-state index in [0.717, 1.165) is 24.1 Å². The van der Waals surface area contributed by atoms with Crippen molar-refractivity contribution in [1.82, 2.24) is 4.98 Å². The van der Waals surface area contributed by atoms with Crippen LogP contribution in [0.2, 0.25) is 0 Å². The number of benzene rings is 2. The van der Waals surface area contributed by atoms with Gasteiger partial charge in [0.15, 0.2) is 11.5 Å². The summed E-state index contributed by atoms with van der Waals surface area (Å²) in [4.78, 5) is 28.1. The number of anilines is 2. The van der Waals surface area contributed by atoms with Crippen molar-refractivity contribution < 1.29 is 33.6 Å². The second kappa shape index (κ2) is 14.7. The molecule has 3 atom stereocenters. The van der Waals surface area contributed by atoms with Gasteiger partial charge in [0.25, 0.3) is 0 Å². The second-order valence-electron chi connectivity index (χ2n) is 11.1. The van der Waals surface area contributed by atoms with Crippen LogP contribution in [0.1, 0.15) is 56.0 Å². The zero-order chi connectivity index (χ0) is 30.9. The van der Waals surface area contributed by atoms with E-state index in [1.807, 2.05) is 18.2 Å². The van der Waals surface area contributed by atoms with Crippen LogP contribution in [0.15, 0.2) is 54.7 Å². The highest BCUT2D eigenvalue weighted by Crippen LogP contribution is 2.37. The predicted octanol–water partition coefficient (Wildman–Crippen LogP) is 6.62. The molecule has 0 spiro atoms. The molecule has 1 heterocycles. The maximum atomic E-state index is 12.8. The van der Waals surface area contributed by atoms with Crippen LogP contribution in [0.3, 0.4) is 0 Å². The van der Waals surface area contributed by atoms with Crippen molar-refractivity contribution in [2.45, 2.75) is 52.7 Å². The first kappa shape index (κ1) is 31.6. The zero-order valence-electron chi connectivity index (χ0n) is 25.4. The van der Waals surface area contributed by atoms with Crippen molar-refractivity contribution in [2.75, 3.05) is 31.5 Å². The summed E-state index contributed by atoms with van der Waals surface area (Å²) in [6.07, 6.45) is 4.64. The van der Waals surface area contributed by atoms with Gasteiger partial charge in [-0.2, -0.15) is 0 Å². The Balaban J connectivity index is 1.40. The number of ether oxygens (including phenoxy) is 4. The first-order chi connectivity index (χ1) is 20.7. The van der Waals surface area contributed by atoms with E-state index in [0.29, 0.717) is 47.2 Å². The van der Waals surface area contributed by atoms with Gasteiger partial charge in [-0.25, -0.2) is 9.78 Å². The van der Waals surface area contributed by atoms with Crippen LogP contribution in [-0.2, 0) is 16.1 Å². The van der Waals surface area contributed by atoms with Crippen LogP contribution in [0.4, 0.5) is 11.4 Å². The van der Waals surface area contributed by atoms with Gasteiger partial charge in [0, 0.05) is 36.1 Å². The molecule has 0 bridgehead atoms. The lowest BCUT2D eigenvalue weighted by atomic mass is 9.72. The molecule has 4 rings (SSSR count). The molecule has 1 fully saturated rings. The minimum Gasteiger partial charge on any atom is -0.494 e.